The second-order valence-electron chi connectivity index (χ2n) is 10.6. The zero-order valence-corrected chi connectivity index (χ0v) is 26.6. The molecule has 44 heavy (non-hydrogen) atoms. The molecular weight excluding hydrogens is 566 g/mol. The van der Waals surface area contributed by atoms with Crippen LogP contribution in [0.4, 0.5) is 0 Å². The molecule has 0 aliphatic carbocycles. The quantitative estimate of drug-likeness (QED) is 0.126. The van der Waals surface area contributed by atoms with Crippen molar-refractivity contribution in [2.75, 3.05) is 0 Å². The molecule has 0 aliphatic heterocycles. The Morgan fingerprint density at radius 1 is 0.295 bits per heavy atom. The molecule has 6 rings (SSSR count). The second-order valence-corrected chi connectivity index (χ2v) is 17.3. The molecule has 214 valence electrons. The summed E-state index contributed by atoms with van der Waals surface area (Å²) in [7, 11) is 0. The summed E-state index contributed by atoms with van der Waals surface area (Å²) in [6.45, 7) is -4.02. The molecule has 0 amide bonds. The van der Waals surface area contributed by atoms with Crippen LogP contribution in [0.3, 0.4) is 0 Å². The van der Waals surface area contributed by atoms with Crippen LogP contribution in [0, 0.1) is 11.8 Å². The Morgan fingerprint density at radius 3 is 0.659 bits per heavy atom. The van der Waals surface area contributed by atoms with Crippen molar-refractivity contribution in [1.82, 2.24) is 0 Å². The van der Waals surface area contributed by atoms with E-state index in [1.54, 1.807) is 0 Å². The molecule has 2 heteroatoms. The van der Waals surface area contributed by atoms with Gasteiger partial charge in [0.05, 0.1) is 0 Å². The van der Waals surface area contributed by atoms with Gasteiger partial charge in [-0.05, 0) is 45.6 Å². The second kappa shape index (κ2) is 14.3. The topological polar surface area (TPSA) is 0 Å². The molecule has 0 bridgehead atoms. The lowest BCUT2D eigenvalue weighted by atomic mass is 10.4. The minimum Gasteiger partial charge on any atom is -0.0988 e. The van der Waals surface area contributed by atoms with E-state index in [1.807, 2.05) is 0 Å². The van der Waals surface area contributed by atoms with Crippen molar-refractivity contribution in [1.29, 1.82) is 0 Å². The molecule has 0 spiro atoms. The fourth-order valence-corrected chi connectivity index (χ4v) is 13.7. The summed E-state index contributed by atoms with van der Waals surface area (Å²) in [5.74, 6) is 12.2. The molecule has 0 saturated heterocycles. The predicted octanol–water partition coefficient (Wildman–Crippen LogP) is 7.36. The Bertz CT molecular complexity index is 1580. The summed E-state index contributed by atoms with van der Waals surface area (Å²) in [6.07, 6.45) is 1.43. The van der Waals surface area contributed by atoms with E-state index >= 15 is 0 Å². The summed E-state index contributed by atoms with van der Waals surface area (Å²) in [6, 6.07) is 65.9. The molecule has 0 nitrogen and oxygen atoms in total. The van der Waals surface area contributed by atoms with Crippen LogP contribution in [-0.2, 0) is 0 Å². The van der Waals surface area contributed by atoms with E-state index in [4.69, 9.17) is 0 Å². The number of hydrogen-bond donors (Lipinski definition) is 0. The Kier molecular flexibility index (Phi) is 9.60. The lowest BCUT2D eigenvalue weighted by Gasteiger charge is -2.28. The van der Waals surface area contributed by atoms with E-state index in [0.29, 0.717) is 12.8 Å². The van der Waals surface area contributed by atoms with Crippen LogP contribution < -0.4 is 31.8 Å². The summed E-state index contributed by atoms with van der Waals surface area (Å²) in [5, 5.41) is 8.13. The zero-order chi connectivity index (χ0) is 29.9. The Balaban J connectivity index is 1.45. The van der Waals surface area contributed by atoms with Crippen LogP contribution in [0.15, 0.2) is 182 Å². The van der Waals surface area contributed by atoms with E-state index in [9.17, 15) is 0 Å². The highest BCUT2D eigenvalue weighted by atomic mass is 31.2. The first-order valence-electron chi connectivity index (χ1n) is 15.1. The molecule has 0 unspecified atom stereocenters. The van der Waals surface area contributed by atoms with Crippen LogP contribution in [0.2, 0.25) is 0 Å². The van der Waals surface area contributed by atoms with Gasteiger partial charge >= 0.3 is 0 Å². The third kappa shape index (κ3) is 6.09. The van der Waals surface area contributed by atoms with Crippen molar-refractivity contribution in [3.05, 3.63) is 182 Å². The van der Waals surface area contributed by atoms with E-state index in [-0.39, 0.29) is 0 Å². The largest absolute Gasteiger partial charge is 0.0988 e. The van der Waals surface area contributed by atoms with Gasteiger partial charge in [0.1, 0.15) is 0 Å². The maximum Gasteiger partial charge on any atom is 0.0282 e. The van der Waals surface area contributed by atoms with Crippen LogP contribution in [0.25, 0.3) is 0 Å². The summed E-state index contributed by atoms with van der Waals surface area (Å²) >= 11 is 0. The molecule has 0 saturated carbocycles. The third-order valence-corrected chi connectivity index (χ3v) is 16.2. The Hall–Kier alpha value is -4.52. The van der Waals surface area contributed by atoms with E-state index < -0.39 is 13.8 Å². The van der Waals surface area contributed by atoms with Crippen molar-refractivity contribution in [2.24, 2.45) is 0 Å². The van der Waals surface area contributed by atoms with Crippen molar-refractivity contribution >= 4 is 57.2 Å². The summed E-state index contributed by atoms with van der Waals surface area (Å²) in [4.78, 5) is 0. The lowest BCUT2D eigenvalue weighted by Crippen LogP contribution is -2.27. The Morgan fingerprint density at radius 2 is 0.477 bits per heavy atom. The van der Waals surface area contributed by atoms with Crippen LogP contribution in [-0.4, -0.2) is 11.6 Å². The van der Waals surface area contributed by atoms with Crippen molar-refractivity contribution < 1.29 is 0 Å². The molecule has 0 fully saturated rings. The van der Waals surface area contributed by atoms with Crippen LogP contribution in [0.5, 0.6) is 0 Å². The Labute approximate surface area is 263 Å². The molecular formula is C42H36P2. The lowest BCUT2D eigenvalue weighted by molar-refractivity contribution is 1.61. The third-order valence-electron chi connectivity index (χ3n) is 8.04. The predicted molar refractivity (Wildman–Crippen MR) is 199 cm³/mol. The highest BCUT2D eigenvalue weighted by molar-refractivity contribution is 7.94. The average molecular weight is 603 g/mol. The molecule has 0 radical (unpaired) electrons. The SMILES string of the molecule is C(#CCC=P(c1ccccc1)(c1ccccc1)c1ccccc1)CC=P(c1ccccc1)(c1ccccc1)c1ccccc1. The standard InChI is InChI=1S/C42H36P2/c1(21-35-43(37-23-9-3-10-24-37,38-25-11-4-12-26-38)39-27-13-5-14-28-39)2-22-36-44(40-29-15-6-16-30-40,41-31-17-7-18-32-41)42-33-19-8-20-34-42/h3-20,23-36H,21-22H2. The van der Waals surface area contributed by atoms with Gasteiger partial charge in [-0.2, -0.15) is 0 Å². The van der Waals surface area contributed by atoms with Gasteiger partial charge in [0.2, 0.25) is 0 Å². The number of hydrogen-bond acceptors (Lipinski definition) is 0. The number of benzene rings is 6. The molecule has 0 aromatic heterocycles. The van der Waals surface area contributed by atoms with Crippen LogP contribution >= 0.6 is 13.8 Å². The summed E-state index contributed by atoms with van der Waals surface area (Å²) in [5.41, 5.74) is 0. The summed E-state index contributed by atoms with van der Waals surface area (Å²) < 4.78 is 0. The van der Waals surface area contributed by atoms with Gasteiger partial charge in [-0.15, -0.1) is 0 Å². The van der Waals surface area contributed by atoms with Gasteiger partial charge in [-0.1, -0.05) is 205 Å². The zero-order valence-electron chi connectivity index (χ0n) is 24.8. The maximum atomic E-state index is 3.59. The van der Waals surface area contributed by atoms with Crippen LogP contribution in [0.1, 0.15) is 12.8 Å². The highest BCUT2D eigenvalue weighted by Crippen LogP contribution is 2.45. The van der Waals surface area contributed by atoms with E-state index in [0.717, 1.165) is 0 Å². The van der Waals surface area contributed by atoms with Crippen molar-refractivity contribution in [3.63, 3.8) is 0 Å². The first kappa shape index (κ1) is 29.5. The van der Waals surface area contributed by atoms with Gasteiger partial charge in [0.15, 0.2) is 0 Å². The van der Waals surface area contributed by atoms with Crippen molar-refractivity contribution in [3.8, 4) is 11.8 Å². The highest BCUT2D eigenvalue weighted by Gasteiger charge is 2.25. The average Bonchev–Trinajstić information content (AvgIpc) is 3.12. The maximum absolute atomic E-state index is 3.59. The fourth-order valence-electron chi connectivity index (χ4n) is 6.02. The van der Waals surface area contributed by atoms with Gasteiger partial charge in [-0.3, -0.25) is 0 Å². The molecule has 0 N–H and O–H groups in total. The first-order chi connectivity index (χ1) is 21.8. The van der Waals surface area contributed by atoms with Gasteiger partial charge in [-0.25, -0.2) is 0 Å². The normalized spacial score (nSPS) is 11.2. The van der Waals surface area contributed by atoms with Crippen molar-refractivity contribution in [2.45, 2.75) is 12.8 Å². The number of rotatable bonds is 8. The minimum atomic E-state index is -2.01. The smallest absolute Gasteiger partial charge is 0.0282 e. The minimum absolute atomic E-state index is 0.716. The first-order valence-corrected chi connectivity index (χ1v) is 18.8. The molecule has 6 aromatic carbocycles. The molecule has 0 heterocycles. The molecule has 6 aromatic rings. The molecule has 0 aliphatic rings. The van der Waals surface area contributed by atoms with E-state index in [1.165, 1.54) is 31.8 Å². The fraction of sp³-hybridized carbons (Fsp3) is 0.0476. The van der Waals surface area contributed by atoms with Gasteiger partial charge in [0.25, 0.3) is 0 Å². The molecule has 0 atom stereocenters. The monoisotopic (exact) mass is 602 g/mol. The van der Waals surface area contributed by atoms with Gasteiger partial charge in [0, 0.05) is 12.8 Å². The van der Waals surface area contributed by atoms with E-state index in [2.05, 4.69) is 205 Å². The van der Waals surface area contributed by atoms with Gasteiger partial charge < -0.3 is 0 Å².